The molecule has 148 valence electrons. The molecule has 0 aliphatic rings. The summed E-state index contributed by atoms with van der Waals surface area (Å²) in [5, 5.41) is 9.72. The number of Topliss-reactive ketones (excluding diaryl/α,β-unsaturated/α-hetero) is 1. The van der Waals surface area contributed by atoms with Crippen LogP contribution in [0.2, 0.25) is 0 Å². The van der Waals surface area contributed by atoms with E-state index in [0.717, 1.165) is 38.5 Å². The van der Waals surface area contributed by atoms with Crippen molar-refractivity contribution in [3.8, 4) is 0 Å². The van der Waals surface area contributed by atoms with Crippen LogP contribution in [0.25, 0.3) is 0 Å². The minimum Gasteiger partial charge on any atom is -0.480 e. The first-order valence-electron chi connectivity index (χ1n) is 10.8. The summed E-state index contributed by atoms with van der Waals surface area (Å²) in [6.45, 7) is 5.88. The molecule has 0 fully saturated rings. The summed E-state index contributed by atoms with van der Waals surface area (Å²) in [5.74, 6) is -1.06. The Morgan fingerprint density at radius 2 is 0.960 bits per heavy atom. The van der Waals surface area contributed by atoms with Crippen molar-refractivity contribution >= 4 is 11.8 Å². The van der Waals surface area contributed by atoms with Gasteiger partial charge in [0, 0.05) is 0 Å². The number of ketones is 1. The second-order valence-electron chi connectivity index (χ2n) is 7.69. The number of rotatable bonds is 18. The van der Waals surface area contributed by atoms with Gasteiger partial charge in [-0.3, -0.25) is 9.59 Å². The second-order valence-corrected chi connectivity index (χ2v) is 7.69. The van der Waals surface area contributed by atoms with Crippen LogP contribution in [0.15, 0.2) is 0 Å². The Labute approximate surface area is 156 Å². The summed E-state index contributed by atoms with van der Waals surface area (Å²) in [4.78, 5) is 24.0. The van der Waals surface area contributed by atoms with Crippen molar-refractivity contribution in [2.75, 3.05) is 0 Å². The number of hydrogen-bond donors (Lipinski definition) is 1. The lowest BCUT2D eigenvalue weighted by Crippen LogP contribution is -2.38. The van der Waals surface area contributed by atoms with E-state index in [1.807, 2.05) is 0 Å². The molecule has 0 heterocycles. The molecule has 0 radical (unpaired) electrons. The third-order valence-electron chi connectivity index (χ3n) is 5.50. The fourth-order valence-corrected chi connectivity index (χ4v) is 3.61. The van der Waals surface area contributed by atoms with Crippen LogP contribution >= 0.6 is 0 Å². The van der Waals surface area contributed by atoms with Crippen molar-refractivity contribution in [3.63, 3.8) is 0 Å². The fraction of sp³-hybridized carbons (Fsp3) is 0.909. The maximum atomic E-state index is 12.1. The highest BCUT2D eigenvalue weighted by atomic mass is 16.4. The van der Waals surface area contributed by atoms with E-state index in [1.165, 1.54) is 58.3 Å². The summed E-state index contributed by atoms with van der Waals surface area (Å²) in [7, 11) is 0. The Bertz CT molecular complexity index is 315. The number of carbonyl (C=O) groups is 2. The Kier molecular flexibility index (Phi) is 14.9. The van der Waals surface area contributed by atoms with Crippen LogP contribution in [0.5, 0.6) is 0 Å². The lowest BCUT2D eigenvalue weighted by molar-refractivity contribution is -0.155. The van der Waals surface area contributed by atoms with Gasteiger partial charge in [0.25, 0.3) is 0 Å². The Balaban J connectivity index is 4.22. The lowest BCUT2D eigenvalue weighted by Gasteiger charge is -2.27. The largest absolute Gasteiger partial charge is 0.480 e. The minimum absolute atomic E-state index is 0.156. The van der Waals surface area contributed by atoms with Gasteiger partial charge in [0.1, 0.15) is 11.2 Å². The number of carbonyl (C=O) groups excluding carboxylic acids is 1. The van der Waals surface area contributed by atoms with Gasteiger partial charge >= 0.3 is 5.97 Å². The molecule has 0 atom stereocenters. The van der Waals surface area contributed by atoms with Gasteiger partial charge in [0.2, 0.25) is 0 Å². The molecule has 3 heteroatoms. The quantitative estimate of drug-likeness (QED) is 0.214. The topological polar surface area (TPSA) is 54.4 Å². The van der Waals surface area contributed by atoms with Gasteiger partial charge in [-0.25, -0.2) is 0 Å². The third kappa shape index (κ3) is 10.7. The Hall–Kier alpha value is -0.860. The Morgan fingerprint density at radius 1 is 0.640 bits per heavy atom. The average molecular weight is 355 g/mol. The molecular weight excluding hydrogens is 312 g/mol. The molecule has 0 saturated carbocycles. The van der Waals surface area contributed by atoms with E-state index >= 15 is 0 Å². The fourth-order valence-electron chi connectivity index (χ4n) is 3.61. The van der Waals surface area contributed by atoms with Gasteiger partial charge in [-0.1, -0.05) is 104 Å². The van der Waals surface area contributed by atoms with Gasteiger partial charge in [0.05, 0.1) is 0 Å². The molecule has 0 aliphatic heterocycles. The van der Waals surface area contributed by atoms with Crippen molar-refractivity contribution in [2.45, 2.75) is 124 Å². The molecule has 0 aliphatic carbocycles. The highest BCUT2D eigenvalue weighted by molar-refractivity contribution is 6.01. The van der Waals surface area contributed by atoms with Gasteiger partial charge in [-0.15, -0.1) is 0 Å². The molecule has 0 aromatic rings. The Morgan fingerprint density at radius 3 is 1.24 bits per heavy atom. The van der Waals surface area contributed by atoms with E-state index in [-0.39, 0.29) is 5.78 Å². The highest BCUT2D eigenvalue weighted by Gasteiger charge is 2.42. The standard InChI is InChI=1S/C22H42O3/c1-4-6-8-10-12-14-16-18-22(20(3)23,21(24)25)19-17-15-13-11-9-7-5-2/h4-19H2,1-3H3,(H,24,25). The van der Waals surface area contributed by atoms with Crippen molar-refractivity contribution in [3.05, 3.63) is 0 Å². The molecular formula is C22H42O3. The zero-order valence-electron chi connectivity index (χ0n) is 17.1. The van der Waals surface area contributed by atoms with Gasteiger partial charge in [-0.2, -0.15) is 0 Å². The van der Waals surface area contributed by atoms with Crippen LogP contribution in [0, 0.1) is 5.41 Å². The molecule has 0 unspecified atom stereocenters. The van der Waals surface area contributed by atoms with Crippen LogP contribution in [0.1, 0.15) is 124 Å². The van der Waals surface area contributed by atoms with Crippen LogP contribution in [-0.2, 0) is 9.59 Å². The van der Waals surface area contributed by atoms with E-state index < -0.39 is 11.4 Å². The number of hydrogen-bond acceptors (Lipinski definition) is 2. The predicted molar refractivity (Wildman–Crippen MR) is 106 cm³/mol. The summed E-state index contributed by atoms with van der Waals surface area (Å²) >= 11 is 0. The first kappa shape index (κ1) is 24.1. The first-order valence-corrected chi connectivity index (χ1v) is 10.8. The van der Waals surface area contributed by atoms with E-state index in [1.54, 1.807) is 0 Å². The summed E-state index contributed by atoms with van der Waals surface area (Å²) in [6, 6.07) is 0. The van der Waals surface area contributed by atoms with Crippen LogP contribution in [0.3, 0.4) is 0 Å². The van der Waals surface area contributed by atoms with Crippen molar-refractivity contribution in [1.82, 2.24) is 0 Å². The normalized spacial score (nSPS) is 11.6. The van der Waals surface area contributed by atoms with Gasteiger partial charge in [-0.05, 0) is 19.8 Å². The lowest BCUT2D eigenvalue weighted by atomic mass is 9.75. The van der Waals surface area contributed by atoms with Gasteiger partial charge in [0.15, 0.2) is 0 Å². The molecule has 1 N–H and O–H groups in total. The van der Waals surface area contributed by atoms with Crippen molar-refractivity contribution < 1.29 is 14.7 Å². The zero-order valence-corrected chi connectivity index (χ0v) is 17.1. The highest BCUT2D eigenvalue weighted by Crippen LogP contribution is 2.33. The summed E-state index contributed by atoms with van der Waals surface area (Å²) in [5.41, 5.74) is -1.13. The molecule has 0 rings (SSSR count). The van der Waals surface area contributed by atoms with E-state index in [9.17, 15) is 14.7 Å². The minimum atomic E-state index is -1.13. The number of carboxylic acid groups (broad SMARTS) is 1. The number of aliphatic carboxylic acids is 1. The summed E-state index contributed by atoms with van der Waals surface area (Å²) in [6.07, 6.45) is 17.2. The molecule has 0 bridgehead atoms. The van der Waals surface area contributed by atoms with Crippen LogP contribution in [-0.4, -0.2) is 16.9 Å². The zero-order chi connectivity index (χ0) is 19.0. The van der Waals surface area contributed by atoms with E-state index in [4.69, 9.17) is 0 Å². The summed E-state index contributed by atoms with van der Waals surface area (Å²) < 4.78 is 0. The van der Waals surface area contributed by atoms with Crippen LogP contribution < -0.4 is 0 Å². The van der Waals surface area contributed by atoms with Gasteiger partial charge < -0.3 is 5.11 Å². The van der Waals surface area contributed by atoms with Crippen molar-refractivity contribution in [1.29, 1.82) is 0 Å². The van der Waals surface area contributed by atoms with Crippen molar-refractivity contribution in [2.24, 2.45) is 5.41 Å². The molecule has 0 aromatic carbocycles. The molecule has 3 nitrogen and oxygen atoms in total. The SMILES string of the molecule is CCCCCCCCCC(CCCCCCCCC)(C(C)=O)C(=O)O. The number of carboxylic acids is 1. The maximum absolute atomic E-state index is 12.1. The maximum Gasteiger partial charge on any atom is 0.317 e. The molecule has 25 heavy (non-hydrogen) atoms. The first-order chi connectivity index (χ1) is 12.0. The van der Waals surface area contributed by atoms with E-state index in [2.05, 4.69) is 13.8 Å². The number of unbranched alkanes of at least 4 members (excludes halogenated alkanes) is 12. The van der Waals surface area contributed by atoms with E-state index in [0.29, 0.717) is 12.8 Å². The monoisotopic (exact) mass is 354 g/mol. The van der Waals surface area contributed by atoms with Crippen LogP contribution in [0.4, 0.5) is 0 Å². The smallest absolute Gasteiger partial charge is 0.317 e. The third-order valence-corrected chi connectivity index (χ3v) is 5.50. The molecule has 0 aromatic heterocycles. The molecule has 0 amide bonds. The molecule has 0 spiro atoms. The second kappa shape index (κ2) is 15.4. The average Bonchev–Trinajstić information content (AvgIpc) is 2.57. The molecule has 0 saturated heterocycles. The predicted octanol–water partition coefficient (Wildman–Crippen LogP) is 6.93.